The van der Waals surface area contributed by atoms with E-state index < -0.39 is 0 Å². The normalized spacial score (nSPS) is 10.1. The number of hydrogen-bond acceptors (Lipinski definition) is 2. The number of hydrogen-bond donors (Lipinski definition) is 2. The fourth-order valence-corrected chi connectivity index (χ4v) is 1.37. The minimum atomic E-state index is -0.00158. The third-order valence-corrected chi connectivity index (χ3v) is 2.33. The Hall–Kier alpha value is -1.35. The Bertz CT molecular complexity index is 319. The van der Waals surface area contributed by atoms with Crippen molar-refractivity contribution in [2.75, 3.05) is 19.6 Å². The van der Waals surface area contributed by atoms with Gasteiger partial charge in [-0.05, 0) is 32.0 Å². The molecule has 0 fully saturated rings. The molecule has 88 valence electrons. The van der Waals surface area contributed by atoms with Gasteiger partial charge in [0.25, 0.3) is 5.91 Å². The van der Waals surface area contributed by atoms with Crippen LogP contribution in [-0.4, -0.2) is 25.5 Å². The largest absolute Gasteiger partial charge is 0.351 e. The highest BCUT2D eigenvalue weighted by atomic mass is 16.1. The lowest BCUT2D eigenvalue weighted by molar-refractivity contribution is 0.0954. The van der Waals surface area contributed by atoms with E-state index in [9.17, 15) is 4.79 Å². The van der Waals surface area contributed by atoms with Crippen LogP contribution in [0.25, 0.3) is 0 Å². The van der Waals surface area contributed by atoms with Gasteiger partial charge in [-0.15, -0.1) is 0 Å². The quantitative estimate of drug-likeness (QED) is 0.717. The Morgan fingerprint density at radius 1 is 1.12 bits per heavy atom. The first-order valence-corrected chi connectivity index (χ1v) is 5.79. The Morgan fingerprint density at radius 3 is 2.44 bits per heavy atom. The fraction of sp³-hybridized carbons (Fsp3) is 0.462. The number of amides is 1. The van der Waals surface area contributed by atoms with Gasteiger partial charge in [0.05, 0.1) is 0 Å². The van der Waals surface area contributed by atoms with Gasteiger partial charge in [0, 0.05) is 18.7 Å². The minimum Gasteiger partial charge on any atom is -0.351 e. The first-order valence-electron chi connectivity index (χ1n) is 5.79. The number of nitrogens with one attached hydrogen (secondary N) is 2. The van der Waals surface area contributed by atoms with Gasteiger partial charge in [-0.3, -0.25) is 4.79 Å². The van der Waals surface area contributed by atoms with Crippen LogP contribution in [0.2, 0.25) is 0 Å². The van der Waals surface area contributed by atoms with Gasteiger partial charge in [-0.2, -0.15) is 0 Å². The second-order valence-electron chi connectivity index (χ2n) is 3.87. The summed E-state index contributed by atoms with van der Waals surface area (Å²) in [5, 5.41) is 6.11. The molecular weight excluding hydrogens is 200 g/mol. The molecule has 1 rings (SSSR count). The van der Waals surface area contributed by atoms with Gasteiger partial charge < -0.3 is 10.6 Å². The summed E-state index contributed by atoms with van der Waals surface area (Å²) in [7, 11) is 0. The van der Waals surface area contributed by atoms with E-state index in [4.69, 9.17) is 0 Å². The van der Waals surface area contributed by atoms with E-state index in [2.05, 4.69) is 17.6 Å². The van der Waals surface area contributed by atoms with Crippen LogP contribution in [0.4, 0.5) is 0 Å². The minimum absolute atomic E-state index is 0.00158. The van der Waals surface area contributed by atoms with Crippen LogP contribution < -0.4 is 10.6 Å². The molecule has 0 radical (unpaired) electrons. The van der Waals surface area contributed by atoms with Crippen LogP contribution in [0.15, 0.2) is 24.3 Å². The van der Waals surface area contributed by atoms with Gasteiger partial charge in [-0.25, -0.2) is 0 Å². The zero-order valence-electron chi connectivity index (χ0n) is 10.0. The van der Waals surface area contributed by atoms with Crippen molar-refractivity contribution in [3.63, 3.8) is 0 Å². The van der Waals surface area contributed by atoms with Crippen molar-refractivity contribution in [3.05, 3.63) is 35.4 Å². The van der Waals surface area contributed by atoms with Gasteiger partial charge in [-0.1, -0.05) is 24.6 Å². The van der Waals surface area contributed by atoms with E-state index >= 15 is 0 Å². The Kier molecular flexibility index (Phi) is 5.57. The van der Waals surface area contributed by atoms with Crippen LogP contribution in [0, 0.1) is 6.92 Å². The van der Waals surface area contributed by atoms with Gasteiger partial charge in [0.2, 0.25) is 0 Å². The molecular formula is C13H20N2O. The van der Waals surface area contributed by atoms with Crippen molar-refractivity contribution in [1.29, 1.82) is 0 Å². The fourth-order valence-electron chi connectivity index (χ4n) is 1.37. The lowest BCUT2D eigenvalue weighted by Crippen LogP contribution is -2.32. The molecule has 0 heterocycles. The molecule has 0 aliphatic carbocycles. The molecule has 3 nitrogen and oxygen atoms in total. The standard InChI is InChI=1S/C13H20N2O/c1-3-8-14-9-10-15-13(16)12-6-4-11(2)5-7-12/h4-7,14H,3,8-10H2,1-2H3,(H,15,16). The highest BCUT2D eigenvalue weighted by Gasteiger charge is 2.02. The van der Waals surface area contributed by atoms with Crippen LogP contribution in [0.3, 0.4) is 0 Å². The van der Waals surface area contributed by atoms with Crippen LogP contribution in [0.5, 0.6) is 0 Å². The number of aryl methyl sites for hydroxylation is 1. The summed E-state index contributed by atoms with van der Waals surface area (Å²) in [5.41, 5.74) is 1.89. The highest BCUT2D eigenvalue weighted by Crippen LogP contribution is 2.02. The number of rotatable bonds is 6. The molecule has 0 atom stereocenters. The van der Waals surface area contributed by atoms with E-state index in [-0.39, 0.29) is 5.91 Å². The maximum Gasteiger partial charge on any atom is 0.251 e. The summed E-state index contributed by atoms with van der Waals surface area (Å²) in [6.07, 6.45) is 1.12. The van der Waals surface area contributed by atoms with Crippen molar-refractivity contribution in [1.82, 2.24) is 10.6 Å². The molecule has 1 aromatic carbocycles. The lowest BCUT2D eigenvalue weighted by Gasteiger charge is -2.06. The van der Waals surface area contributed by atoms with Crippen molar-refractivity contribution in [3.8, 4) is 0 Å². The Morgan fingerprint density at radius 2 is 1.81 bits per heavy atom. The van der Waals surface area contributed by atoms with E-state index in [1.165, 1.54) is 5.56 Å². The van der Waals surface area contributed by atoms with Crippen LogP contribution >= 0.6 is 0 Å². The molecule has 1 amide bonds. The van der Waals surface area contributed by atoms with Crippen molar-refractivity contribution < 1.29 is 4.79 Å². The SMILES string of the molecule is CCCNCCNC(=O)c1ccc(C)cc1. The van der Waals surface area contributed by atoms with Crippen molar-refractivity contribution in [2.24, 2.45) is 0 Å². The molecule has 0 unspecified atom stereocenters. The zero-order valence-corrected chi connectivity index (χ0v) is 10.0. The molecule has 0 bridgehead atoms. The summed E-state index contributed by atoms with van der Waals surface area (Å²) in [6.45, 7) is 6.63. The predicted octanol–water partition coefficient (Wildman–Crippen LogP) is 1.72. The Labute approximate surface area is 97.2 Å². The first kappa shape index (κ1) is 12.7. The monoisotopic (exact) mass is 220 g/mol. The van der Waals surface area contributed by atoms with E-state index in [0.29, 0.717) is 6.54 Å². The first-order chi connectivity index (χ1) is 7.74. The molecule has 0 aromatic heterocycles. The predicted molar refractivity (Wildman–Crippen MR) is 66.7 cm³/mol. The highest BCUT2D eigenvalue weighted by molar-refractivity contribution is 5.94. The molecule has 1 aromatic rings. The third kappa shape index (κ3) is 4.45. The lowest BCUT2D eigenvalue weighted by atomic mass is 10.1. The van der Waals surface area contributed by atoms with Gasteiger partial charge >= 0.3 is 0 Å². The topological polar surface area (TPSA) is 41.1 Å². The molecule has 0 saturated heterocycles. The maximum absolute atomic E-state index is 11.6. The molecule has 3 heteroatoms. The smallest absolute Gasteiger partial charge is 0.251 e. The zero-order chi connectivity index (χ0) is 11.8. The Balaban J connectivity index is 2.27. The molecule has 2 N–H and O–H groups in total. The van der Waals surface area contributed by atoms with Crippen LogP contribution in [0.1, 0.15) is 29.3 Å². The third-order valence-electron chi connectivity index (χ3n) is 2.33. The van der Waals surface area contributed by atoms with E-state index in [1.54, 1.807) is 0 Å². The molecule has 0 saturated carbocycles. The number of carbonyl (C=O) groups is 1. The summed E-state index contributed by atoms with van der Waals surface area (Å²) >= 11 is 0. The summed E-state index contributed by atoms with van der Waals surface area (Å²) < 4.78 is 0. The summed E-state index contributed by atoms with van der Waals surface area (Å²) in [6, 6.07) is 7.60. The number of benzene rings is 1. The van der Waals surface area contributed by atoms with Gasteiger partial charge in [0.1, 0.15) is 0 Å². The molecule has 16 heavy (non-hydrogen) atoms. The van der Waals surface area contributed by atoms with Crippen molar-refractivity contribution >= 4 is 5.91 Å². The van der Waals surface area contributed by atoms with Crippen molar-refractivity contribution in [2.45, 2.75) is 20.3 Å². The molecule has 0 aliphatic heterocycles. The van der Waals surface area contributed by atoms with E-state index in [1.807, 2.05) is 31.2 Å². The second kappa shape index (κ2) is 7.01. The molecule has 0 spiro atoms. The average molecular weight is 220 g/mol. The maximum atomic E-state index is 11.6. The molecule has 0 aliphatic rings. The van der Waals surface area contributed by atoms with E-state index in [0.717, 1.165) is 25.1 Å². The summed E-state index contributed by atoms with van der Waals surface area (Å²) in [4.78, 5) is 11.6. The average Bonchev–Trinajstić information content (AvgIpc) is 2.29. The second-order valence-corrected chi connectivity index (χ2v) is 3.87. The van der Waals surface area contributed by atoms with Gasteiger partial charge in [0.15, 0.2) is 0 Å². The summed E-state index contributed by atoms with van der Waals surface area (Å²) in [5.74, 6) is -0.00158. The number of carbonyl (C=O) groups excluding carboxylic acids is 1. The van der Waals surface area contributed by atoms with Crippen LogP contribution in [-0.2, 0) is 0 Å².